The van der Waals surface area contributed by atoms with Crippen LogP contribution in [-0.4, -0.2) is 23.9 Å². The van der Waals surface area contributed by atoms with E-state index >= 15 is 0 Å². The minimum absolute atomic E-state index is 0.445. The van der Waals surface area contributed by atoms with Gasteiger partial charge in [0.15, 0.2) is 0 Å². The minimum atomic E-state index is -0.445. The smallest absolute Gasteiger partial charge is 0.0932 e. The Hall–Kier alpha value is -0.0800. The Morgan fingerprint density at radius 3 is 2.69 bits per heavy atom. The Bertz CT molecular complexity index is 208. The number of aliphatic hydroxyl groups is 1. The molecular formula is C11H18O2. The summed E-state index contributed by atoms with van der Waals surface area (Å²) in [5.41, 5.74) is -0.445. The number of hydrogen-bond acceptors (Lipinski definition) is 2. The van der Waals surface area contributed by atoms with Crippen molar-refractivity contribution in [3.63, 3.8) is 0 Å². The van der Waals surface area contributed by atoms with Gasteiger partial charge in [-0.15, -0.1) is 0 Å². The van der Waals surface area contributed by atoms with E-state index in [4.69, 9.17) is 4.74 Å². The van der Waals surface area contributed by atoms with Crippen molar-refractivity contribution in [1.82, 2.24) is 0 Å². The summed E-state index contributed by atoms with van der Waals surface area (Å²) < 4.78 is 5.33. The molecule has 1 N–H and O–H groups in total. The van der Waals surface area contributed by atoms with Gasteiger partial charge in [-0.2, -0.15) is 0 Å². The van der Waals surface area contributed by atoms with Crippen molar-refractivity contribution in [3.05, 3.63) is 0 Å². The van der Waals surface area contributed by atoms with Crippen LogP contribution in [0.3, 0.4) is 0 Å². The lowest BCUT2D eigenvalue weighted by atomic mass is 9.76. The average molecular weight is 182 g/mol. The summed E-state index contributed by atoms with van der Waals surface area (Å²) in [6, 6.07) is 0. The van der Waals surface area contributed by atoms with Gasteiger partial charge in [0.1, 0.15) is 0 Å². The first-order valence-electron chi connectivity index (χ1n) is 5.58. The molecule has 4 unspecified atom stereocenters. The van der Waals surface area contributed by atoms with Crippen LogP contribution in [0, 0.1) is 17.8 Å². The fourth-order valence-electron chi connectivity index (χ4n) is 3.77. The molecule has 74 valence electrons. The zero-order valence-corrected chi connectivity index (χ0v) is 8.04. The molecule has 0 radical (unpaired) electrons. The Morgan fingerprint density at radius 1 is 1.23 bits per heavy atom. The van der Waals surface area contributed by atoms with Crippen LogP contribution in [0.25, 0.3) is 0 Å². The normalized spacial score (nSPS) is 54.7. The zero-order chi connectivity index (χ0) is 8.89. The molecule has 2 nitrogen and oxygen atoms in total. The quantitative estimate of drug-likeness (QED) is 0.667. The second-order valence-corrected chi connectivity index (χ2v) is 5.19. The molecule has 4 atom stereocenters. The predicted molar refractivity (Wildman–Crippen MR) is 49.3 cm³/mol. The van der Waals surface area contributed by atoms with E-state index in [1.54, 1.807) is 0 Å². The summed E-state index contributed by atoms with van der Waals surface area (Å²) in [4.78, 5) is 0. The topological polar surface area (TPSA) is 29.5 Å². The first-order chi connectivity index (χ1) is 6.28. The first kappa shape index (κ1) is 8.25. The van der Waals surface area contributed by atoms with Crippen molar-refractivity contribution in [1.29, 1.82) is 0 Å². The van der Waals surface area contributed by atoms with Gasteiger partial charge < -0.3 is 9.84 Å². The highest BCUT2D eigenvalue weighted by molar-refractivity contribution is 5.01. The molecule has 0 spiro atoms. The van der Waals surface area contributed by atoms with E-state index in [2.05, 4.69) is 0 Å². The van der Waals surface area contributed by atoms with Gasteiger partial charge in [-0.1, -0.05) is 6.42 Å². The lowest BCUT2D eigenvalue weighted by Gasteiger charge is -2.34. The van der Waals surface area contributed by atoms with Crippen molar-refractivity contribution >= 4 is 0 Å². The highest BCUT2D eigenvalue weighted by atomic mass is 16.5. The molecule has 2 bridgehead atoms. The monoisotopic (exact) mass is 182 g/mol. The van der Waals surface area contributed by atoms with Gasteiger partial charge in [0.25, 0.3) is 0 Å². The van der Waals surface area contributed by atoms with Crippen LogP contribution in [0.15, 0.2) is 0 Å². The van der Waals surface area contributed by atoms with Crippen LogP contribution in [-0.2, 0) is 4.74 Å². The summed E-state index contributed by atoms with van der Waals surface area (Å²) in [6.07, 6.45) is 6.30. The third-order valence-corrected chi connectivity index (χ3v) is 4.46. The molecule has 2 aliphatic carbocycles. The van der Waals surface area contributed by atoms with E-state index in [0.717, 1.165) is 24.9 Å². The third kappa shape index (κ3) is 1.15. The molecule has 1 heterocycles. The fraction of sp³-hybridized carbons (Fsp3) is 1.00. The van der Waals surface area contributed by atoms with Crippen LogP contribution in [0.2, 0.25) is 0 Å². The van der Waals surface area contributed by atoms with Crippen LogP contribution < -0.4 is 0 Å². The minimum Gasteiger partial charge on any atom is -0.387 e. The lowest BCUT2D eigenvalue weighted by Crippen LogP contribution is -2.41. The Balaban J connectivity index is 1.78. The van der Waals surface area contributed by atoms with Gasteiger partial charge >= 0.3 is 0 Å². The first-order valence-corrected chi connectivity index (χ1v) is 5.58. The molecule has 1 saturated heterocycles. The van der Waals surface area contributed by atoms with E-state index < -0.39 is 5.60 Å². The van der Waals surface area contributed by atoms with E-state index in [1.165, 1.54) is 25.7 Å². The van der Waals surface area contributed by atoms with Crippen LogP contribution in [0.4, 0.5) is 0 Å². The molecular weight excluding hydrogens is 164 g/mol. The number of ether oxygens (including phenoxy) is 1. The fourth-order valence-corrected chi connectivity index (χ4v) is 3.77. The van der Waals surface area contributed by atoms with Gasteiger partial charge in [-0.25, -0.2) is 0 Å². The van der Waals surface area contributed by atoms with Crippen molar-refractivity contribution in [2.24, 2.45) is 17.8 Å². The second-order valence-electron chi connectivity index (χ2n) is 5.19. The van der Waals surface area contributed by atoms with E-state index in [1.807, 2.05) is 0 Å². The van der Waals surface area contributed by atoms with E-state index in [9.17, 15) is 5.11 Å². The standard InChI is InChI=1S/C11H18O2/c12-11(3-4-13-7-11)10-6-8-1-2-9(10)5-8/h8-10,12H,1-7H2. The van der Waals surface area contributed by atoms with Crippen LogP contribution in [0.5, 0.6) is 0 Å². The third-order valence-electron chi connectivity index (χ3n) is 4.46. The van der Waals surface area contributed by atoms with Gasteiger partial charge in [-0.3, -0.25) is 0 Å². The van der Waals surface area contributed by atoms with Gasteiger partial charge in [0.05, 0.1) is 12.2 Å². The Labute approximate surface area is 79.3 Å². The molecule has 3 rings (SSSR count). The lowest BCUT2D eigenvalue weighted by molar-refractivity contribution is -0.0447. The SMILES string of the molecule is OC1(C2CC3CCC2C3)CCOC1. The predicted octanol–water partition coefficient (Wildman–Crippen LogP) is 1.57. The van der Waals surface area contributed by atoms with Gasteiger partial charge in [-0.05, 0) is 37.0 Å². The highest BCUT2D eigenvalue weighted by Gasteiger charge is 2.51. The summed E-state index contributed by atoms with van der Waals surface area (Å²) in [7, 11) is 0. The number of hydrogen-bond donors (Lipinski definition) is 1. The molecule has 3 aliphatic rings. The molecule has 0 aromatic carbocycles. The second kappa shape index (κ2) is 2.71. The maximum atomic E-state index is 10.4. The van der Waals surface area contributed by atoms with Crippen LogP contribution >= 0.6 is 0 Å². The maximum absolute atomic E-state index is 10.4. The maximum Gasteiger partial charge on any atom is 0.0932 e. The number of rotatable bonds is 1. The molecule has 2 saturated carbocycles. The van der Waals surface area contributed by atoms with Gasteiger partial charge in [0.2, 0.25) is 0 Å². The molecule has 2 heteroatoms. The summed E-state index contributed by atoms with van der Waals surface area (Å²) in [5, 5.41) is 10.4. The van der Waals surface area contributed by atoms with E-state index in [0.29, 0.717) is 12.5 Å². The molecule has 0 aromatic heterocycles. The van der Waals surface area contributed by atoms with Crippen LogP contribution in [0.1, 0.15) is 32.1 Å². The number of fused-ring (bicyclic) bond motifs is 2. The highest BCUT2D eigenvalue weighted by Crippen LogP contribution is 2.53. The molecule has 1 aliphatic heterocycles. The molecule has 0 amide bonds. The largest absolute Gasteiger partial charge is 0.387 e. The Morgan fingerprint density at radius 2 is 2.15 bits per heavy atom. The van der Waals surface area contributed by atoms with Crippen molar-refractivity contribution in [2.45, 2.75) is 37.7 Å². The zero-order valence-electron chi connectivity index (χ0n) is 8.04. The summed E-state index contributed by atoms with van der Waals surface area (Å²) >= 11 is 0. The summed E-state index contributed by atoms with van der Waals surface area (Å²) in [5.74, 6) is 2.31. The van der Waals surface area contributed by atoms with Crippen molar-refractivity contribution in [3.8, 4) is 0 Å². The average Bonchev–Trinajstić information content (AvgIpc) is 2.77. The van der Waals surface area contributed by atoms with Crippen molar-refractivity contribution < 1.29 is 9.84 Å². The Kier molecular flexibility index (Phi) is 1.72. The van der Waals surface area contributed by atoms with E-state index in [-0.39, 0.29) is 0 Å². The van der Waals surface area contributed by atoms with Crippen molar-refractivity contribution in [2.75, 3.05) is 13.2 Å². The molecule has 0 aromatic rings. The summed E-state index contributed by atoms with van der Waals surface area (Å²) in [6.45, 7) is 1.37. The molecule has 3 fully saturated rings. The molecule has 13 heavy (non-hydrogen) atoms. The van der Waals surface area contributed by atoms with Gasteiger partial charge in [0, 0.05) is 13.0 Å².